The van der Waals surface area contributed by atoms with Gasteiger partial charge in [0.1, 0.15) is 55.5 Å². The van der Waals surface area contributed by atoms with Crippen molar-refractivity contribution in [3.8, 4) is 5.75 Å². The van der Waals surface area contributed by atoms with E-state index in [2.05, 4.69) is 42.0 Å². The predicted molar refractivity (Wildman–Crippen MR) is 300 cm³/mol. The van der Waals surface area contributed by atoms with Crippen molar-refractivity contribution in [3.63, 3.8) is 0 Å². The summed E-state index contributed by atoms with van der Waals surface area (Å²) in [5, 5.41) is 33.5. The lowest BCUT2D eigenvalue weighted by Crippen LogP contribution is -2.59. The molecular formula is C56H82N6O14Si2. The van der Waals surface area contributed by atoms with Crippen LogP contribution in [-0.4, -0.2) is 123 Å². The number of alkyl carbamates (subject to hydrolysis) is 2. The Balaban J connectivity index is 1.32. The van der Waals surface area contributed by atoms with Crippen LogP contribution in [0.15, 0.2) is 107 Å². The number of carboxylic acids is 1. The van der Waals surface area contributed by atoms with Gasteiger partial charge in [-0.05, 0) is 97.3 Å². The molecule has 0 aliphatic carbocycles. The Labute approximate surface area is 459 Å². The van der Waals surface area contributed by atoms with E-state index in [-0.39, 0.29) is 62.3 Å². The number of carbonyl (C=O) groups excluding carboxylic acids is 3. The summed E-state index contributed by atoms with van der Waals surface area (Å²) < 4.78 is 39.3. The zero-order valence-corrected chi connectivity index (χ0v) is 49.0. The van der Waals surface area contributed by atoms with E-state index in [9.17, 15) is 39.0 Å². The Bertz CT molecular complexity index is 2690. The van der Waals surface area contributed by atoms with E-state index in [4.69, 9.17) is 27.8 Å². The second-order valence-corrected chi connectivity index (χ2v) is 32.1. The lowest BCUT2D eigenvalue weighted by molar-refractivity contribution is -0.149. The van der Waals surface area contributed by atoms with Crippen LogP contribution in [0.25, 0.3) is 0 Å². The van der Waals surface area contributed by atoms with Crippen molar-refractivity contribution in [2.45, 2.75) is 166 Å². The zero-order valence-electron chi connectivity index (χ0n) is 47.0. The third-order valence-electron chi connectivity index (χ3n) is 14.8. The van der Waals surface area contributed by atoms with E-state index in [0.717, 1.165) is 15.7 Å². The average molecular weight is 1120 g/mol. The molecule has 0 saturated carbocycles. The van der Waals surface area contributed by atoms with Gasteiger partial charge in [0.15, 0.2) is 22.9 Å². The number of methoxy groups -OCH3 is 1. The van der Waals surface area contributed by atoms with Crippen LogP contribution in [0.5, 0.6) is 5.75 Å². The molecule has 1 unspecified atom stereocenters. The maximum absolute atomic E-state index is 14.6. The summed E-state index contributed by atoms with van der Waals surface area (Å²) in [4.78, 5) is 80.1. The standard InChI is InChI=1S/C56H82N6O14Si2/c1-55(2,3)77(8,9)75-47-46(74-50(48(47)76-78(10,11)56(4,5)6)61-34-30-43(63)62(54(61)70)35-38-26-28-41(71-7)29-27-38)45(64)44(51(66)67)57-32-20-33-58-49(65)42(60-53(69)73-37-40-23-16-13-17-24-40)25-18-19-31-59-52(68)72-36-39-21-14-12-15-22-39/h12-17,21-24,26-30,34,42,44-48,50,57,64H,18-20,25,31-33,35-37H2,1-11H3,(H,58,65)(H,59,68)(H,60,69)(H,66,67)/t42-,44-,45+,46?,47+,48+,50+/m0/s1. The minimum absolute atomic E-state index is 0.00114. The Morgan fingerprint density at radius 1 is 0.692 bits per heavy atom. The highest BCUT2D eigenvalue weighted by Crippen LogP contribution is 2.46. The number of aliphatic hydroxyl groups is 1. The van der Waals surface area contributed by atoms with Gasteiger partial charge in [-0.25, -0.2) is 14.4 Å². The Hall–Kier alpha value is -6.15. The number of aromatic nitrogens is 2. The summed E-state index contributed by atoms with van der Waals surface area (Å²) in [5.74, 6) is -1.30. The first-order chi connectivity index (χ1) is 36.7. The van der Waals surface area contributed by atoms with Crippen molar-refractivity contribution >= 4 is 40.7 Å². The summed E-state index contributed by atoms with van der Waals surface area (Å²) in [5.41, 5.74) is 0.998. The second kappa shape index (κ2) is 28.1. The van der Waals surface area contributed by atoms with Crippen molar-refractivity contribution in [3.05, 3.63) is 135 Å². The molecule has 3 amide bonds. The van der Waals surface area contributed by atoms with Crippen molar-refractivity contribution in [2.24, 2.45) is 0 Å². The molecule has 6 N–H and O–H groups in total. The number of amides is 3. The Morgan fingerprint density at radius 3 is 1.79 bits per heavy atom. The van der Waals surface area contributed by atoms with E-state index >= 15 is 0 Å². The topological polar surface area (TPSA) is 256 Å². The minimum atomic E-state index is -2.80. The van der Waals surface area contributed by atoms with Gasteiger partial charge in [0, 0.05) is 25.4 Å². The molecule has 2 heterocycles. The molecule has 1 aromatic heterocycles. The monoisotopic (exact) mass is 1120 g/mol. The van der Waals surface area contributed by atoms with Crippen LogP contribution >= 0.6 is 0 Å². The molecule has 7 atom stereocenters. The van der Waals surface area contributed by atoms with Crippen molar-refractivity contribution in [1.82, 2.24) is 30.4 Å². The zero-order chi connectivity index (χ0) is 57.4. The molecule has 3 aromatic carbocycles. The first-order valence-corrected chi connectivity index (χ1v) is 32.3. The maximum atomic E-state index is 14.6. The highest BCUT2D eigenvalue weighted by Gasteiger charge is 2.57. The summed E-state index contributed by atoms with van der Waals surface area (Å²) in [6.45, 7) is 20.8. The fourth-order valence-corrected chi connectivity index (χ4v) is 10.7. The summed E-state index contributed by atoms with van der Waals surface area (Å²) in [6, 6.07) is 23.9. The molecule has 4 aromatic rings. The molecule has 22 heteroatoms. The lowest BCUT2D eigenvalue weighted by Gasteiger charge is -2.44. The fourth-order valence-electron chi connectivity index (χ4n) is 8.08. The van der Waals surface area contributed by atoms with Crippen LogP contribution < -0.4 is 37.3 Å². The molecule has 1 saturated heterocycles. The smallest absolute Gasteiger partial charge is 0.408 e. The first-order valence-electron chi connectivity index (χ1n) is 26.5. The molecule has 5 rings (SSSR count). The quantitative estimate of drug-likeness (QED) is 0.0258. The van der Waals surface area contributed by atoms with Crippen LogP contribution in [0, 0.1) is 0 Å². The molecule has 0 spiro atoms. The molecule has 428 valence electrons. The van der Waals surface area contributed by atoms with Crippen molar-refractivity contribution in [1.29, 1.82) is 0 Å². The Kier molecular flexibility index (Phi) is 22.6. The molecule has 0 bridgehead atoms. The number of unbranched alkanes of at least 4 members (excludes halogenated alkanes) is 1. The van der Waals surface area contributed by atoms with Gasteiger partial charge < -0.3 is 59.3 Å². The van der Waals surface area contributed by atoms with E-state index in [1.54, 1.807) is 36.4 Å². The third-order valence-corrected chi connectivity index (χ3v) is 23.7. The van der Waals surface area contributed by atoms with E-state index < -0.39 is 94.7 Å². The third kappa shape index (κ3) is 17.7. The van der Waals surface area contributed by atoms with E-state index in [1.165, 1.54) is 23.9 Å². The van der Waals surface area contributed by atoms with Gasteiger partial charge in [-0.2, -0.15) is 0 Å². The highest BCUT2D eigenvalue weighted by molar-refractivity contribution is 6.74. The van der Waals surface area contributed by atoms with Gasteiger partial charge in [-0.3, -0.25) is 23.5 Å². The van der Waals surface area contributed by atoms with E-state index in [1.807, 2.05) is 95.5 Å². The average Bonchev–Trinajstić information content (AvgIpc) is 3.77. The molecule has 20 nitrogen and oxygen atoms in total. The van der Waals surface area contributed by atoms with Crippen LogP contribution in [0.2, 0.25) is 36.3 Å². The van der Waals surface area contributed by atoms with Crippen LogP contribution in [0.1, 0.15) is 90.1 Å². The van der Waals surface area contributed by atoms with Gasteiger partial charge in [-0.15, -0.1) is 0 Å². The number of hydrogen-bond acceptors (Lipinski definition) is 14. The number of benzene rings is 3. The Morgan fingerprint density at radius 2 is 1.24 bits per heavy atom. The van der Waals surface area contributed by atoms with Gasteiger partial charge in [0.05, 0.1) is 13.7 Å². The summed E-state index contributed by atoms with van der Waals surface area (Å²) in [6.07, 6.45) is -5.31. The number of carbonyl (C=O) groups is 4. The van der Waals surface area contributed by atoms with Crippen molar-refractivity contribution in [2.75, 3.05) is 26.7 Å². The molecule has 1 aliphatic heterocycles. The molecule has 78 heavy (non-hydrogen) atoms. The SMILES string of the molecule is COc1ccc(Cn2c(=O)ccn([C@@H]3OC([C@H](O)[C@H](NCCCNC(=O)[C@H](CCCCNC(=O)OCc4ccccc4)NC(=O)OCc4ccccc4)C(=O)O)[C@@H](O[Si](C)(C)C(C)(C)C)[C@H]3O[Si](C)(C)C(C)(C)C)c2=O)cc1. The predicted octanol–water partition coefficient (Wildman–Crippen LogP) is 7.05. The highest BCUT2D eigenvalue weighted by atomic mass is 28.4. The number of nitrogens with one attached hydrogen (secondary N) is 4. The molecule has 1 aliphatic rings. The molecule has 0 radical (unpaired) electrons. The number of ether oxygens (including phenoxy) is 4. The van der Waals surface area contributed by atoms with Crippen LogP contribution in [-0.2, 0) is 52.4 Å². The minimum Gasteiger partial charge on any atom is -0.497 e. The van der Waals surface area contributed by atoms with Gasteiger partial charge in [-0.1, -0.05) is 114 Å². The van der Waals surface area contributed by atoms with Gasteiger partial charge in [0.2, 0.25) is 5.91 Å². The number of aliphatic carboxylic acids is 1. The first kappa shape index (κ1) is 62.7. The maximum Gasteiger partial charge on any atom is 0.408 e. The molecular weight excluding hydrogens is 1040 g/mol. The van der Waals surface area contributed by atoms with Gasteiger partial charge >= 0.3 is 23.8 Å². The number of hydrogen-bond donors (Lipinski definition) is 6. The second-order valence-electron chi connectivity index (χ2n) is 22.6. The number of aliphatic hydroxyl groups excluding tert-OH is 1. The molecule has 1 fully saturated rings. The van der Waals surface area contributed by atoms with Gasteiger partial charge in [0.25, 0.3) is 5.56 Å². The van der Waals surface area contributed by atoms with Crippen LogP contribution in [0.3, 0.4) is 0 Å². The number of carboxylic acid groups (broad SMARTS) is 1. The largest absolute Gasteiger partial charge is 0.497 e. The fraction of sp³-hybridized carbons (Fsp3) is 0.536. The lowest BCUT2D eigenvalue weighted by atomic mass is 9.99. The number of nitrogens with zero attached hydrogens (tertiary/aromatic N) is 2. The van der Waals surface area contributed by atoms with Crippen molar-refractivity contribution < 1.29 is 57.2 Å². The normalized spacial score (nSPS) is 18.1. The number of rotatable bonds is 27. The van der Waals surface area contributed by atoms with E-state index in [0.29, 0.717) is 24.2 Å². The summed E-state index contributed by atoms with van der Waals surface area (Å²) in [7, 11) is -4.03. The summed E-state index contributed by atoms with van der Waals surface area (Å²) >= 11 is 0. The van der Waals surface area contributed by atoms with Crippen LogP contribution in [0.4, 0.5) is 9.59 Å².